The molecule has 2 aliphatic heterocycles. The van der Waals surface area contributed by atoms with Gasteiger partial charge in [-0.15, -0.1) is 0 Å². The number of fused-ring (bicyclic) bond motifs is 2. The van der Waals surface area contributed by atoms with Crippen LogP contribution in [-0.2, 0) is 17.6 Å². The Balaban J connectivity index is 2.27. The van der Waals surface area contributed by atoms with E-state index in [9.17, 15) is 9.90 Å². The molecule has 0 spiro atoms. The number of aliphatic carboxylic acids is 1. The van der Waals surface area contributed by atoms with E-state index in [4.69, 9.17) is 21.1 Å². The first-order chi connectivity index (χ1) is 8.61. The zero-order chi connectivity index (χ0) is 12.9. The van der Waals surface area contributed by atoms with Crippen LogP contribution in [0.3, 0.4) is 0 Å². The molecular formula is C13H13ClO4. The number of rotatable bonds is 2. The summed E-state index contributed by atoms with van der Waals surface area (Å²) in [6.07, 6.45) is 1.41. The molecule has 4 nitrogen and oxygen atoms in total. The predicted molar refractivity (Wildman–Crippen MR) is 65.9 cm³/mol. The minimum atomic E-state index is -0.857. The van der Waals surface area contributed by atoms with Crippen molar-refractivity contribution in [1.29, 1.82) is 0 Å². The molecule has 1 unspecified atom stereocenters. The van der Waals surface area contributed by atoms with Crippen LogP contribution in [0.4, 0.5) is 0 Å². The normalized spacial score (nSPS) is 17.7. The third-order valence-corrected chi connectivity index (χ3v) is 3.98. The number of halogens is 1. The number of hydrogen-bond donors (Lipinski definition) is 1. The molecule has 0 saturated heterocycles. The van der Waals surface area contributed by atoms with Crippen LogP contribution in [0.1, 0.15) is 29.5 Å². The fourth-order valence-electron chi connectivity index (χ4n) is 2.67. The van der Waals surface area contributed by atoms with Crippen molar-refractivity contribution >= 4 is 17.6 Å². The number of benzene rings is 1. The van der Waals surface area contributed by atoms with Gasteiger partial charge in [-0.05, 0) is 6.92 Å². The Kier molecular flexibility index (Phi) is 2.63. The largest absolute Gasteiger partial charge is 0.493 e. The maximum absolute atomic E-state index is 11.3. The van der Waals surface area contributed by atoms with Crippen molar-refractivity contribution in [3.05, 3.63) is 21.7 Å². The Morgan fingerprint density at radius 2 is 1.83 bits per heavy atom. The highest BCUT2D eigenvalue weighted by molar-refractivity contribution is 6.33. The molecule has 0 fully saturated rings. The lowest BCUT2D eigenvalue weighted by Crippen LogP contribution is -2.11. The maximum atomic E-state index is 11.3. The molecule has 2 aliphatic rings. The van der Waals surface area contributed by atoms with Gasteiger partial charge in [-0.2, -0.15) is 0 Å². The van der Waals surface area contributed by atoms with Crippen LogP contribution in [0.2, 0.25) is 5.02 Å². The summed E-state index contributed by atoms with van der Waals surface area (Å²) in [7, 11) is 0. The Morgan fingerprint density at radius 1 is 1.22 bits per heavy atom. The van der Waals surface area contributed by atoms with Gasteiger partial charge in [0, 0.05) is 29.5 Å². The van der Waals surface area contributed by atoms with E-state index in [0.717, 1.165) is 16.7 Å². The number of ether oxygens (including phenoxy) is 2. The molecular weight excluding hydrogens is 256 g/mol. The third-order valence-electron chi connectivity index (χ3n) is 3.58. The van der Waals surface area contributed by atoms with Crippen molar-refractivity contribution in [2.24, 2.45) is 0 Å². The third kappa shape index (κ3) is 1.48. The van der Waals surface area contributed by atoms with Crippen LogP contribution in [0.15, 0.2) is 0 Å². The highest BCUT2D eigenvalue weighted by Crippen LogP contribution is 2.49. The van der Waals surface area contributed by atoms with Gasteiger partial charge in [0.05, 0.1) is 24.2 Å². The predicted octanol–water partition coefficient (Wildman–Crippen LogP) is 2.40. The molecule has 1 aromatic rings. The highest BCUT2D eigenvalue weighted by Gasteiger charge is 2.34. The van der Waals surface area contributed by atoms with Crippen molar-refractivity contribution in [1.82, 2.24) is 0 Å². The first-order valence-corrected chi connectivity index (χ1v) is 6.34. The number of carboxylic acid groups (broad SMARTS) is 1. The minimum absolute atomic E-state index is 0.553. The van der Waals surface area contributed by atoms with Crippen LogP contribution in [0.25, 0.3) is 0 Å². The lowest BCUT2D eigenvalue weighted by molar-refractivity contribution is -0.138. The fourth-order valence-corrected chi connectivity index (χ4v) is 3.02. The molecule has 0 saturated carbocycles. The molecule has 0 radical (unpaired) electrons. The second kappa shape index (κ2) is 4.05. The first-order valence-electron chi connectivity index (χ1n) is 5.96. The second-order valence-corrected chi connectivity index (χ2v) is 4.98. The van der Waals surface area contributed by atoms with E-state index in [2.05, 4.69) is 0 Å². The van der Waals surface area contributed by atoms with Crippen molar-refractivity contribution in [3.63, 3.8) is 0 Å². The van der Waals surface area contributed by atoms with E-state index in [1.807, 2.05) is 0 Å². The van der Waals surface area contributed by atoms with Gasteiger partial charge in [-0.1, -0.05) is 11.6 Å². The summed E-state index contributed by atoms with van der Waals surface area (Å²) in [6.45, 7) is 2.78. The average molecular weight is 269 g/mol. The number of carbonyl (C=O) groups is 1. The summed E-state index contributed by atoms with van der Waals surface area (Å²) in [6, 6.07) is 0. The average Bonchev–Trinajstić information content (AvgIpc) is 2.96. The molecule has 0 bridgehead atoms. The SMILES string of the molecule is CC(C(=O)O)c1c2c(c(Cl)c3c1OCC3)OCC2. The monoisotopic (exact) mass is 268 g/mol. The Bertz CT molecular complexity index is 503. The van der Waals surface area contributed by atoms with E-state index in [-0.39, 0.29) is 0 Å². The summed E-state index contributed by atoms with van der Waals surface area (Å²) < 4.78 is 11.1. The van der Waals surface area contributed by atoms with Crippen LogP contribution in [0, 0.1) is 0 Å². The molecule has 1 N–H and O–H groups in total. The van der Waals surface area contributed by atoms with Gasteiger partial charge in [0.1, 0.15) is 11.5 Å². The Hall–Kier alpha value is -1.42. The molecule has 2 heterocycles. The zero-order valence-corrected chi connectivity index (χ0v) is 10.7. The highest BCUT2D eigenvalue weighted by atomic mass is 35.5. The standard InChI is InChI=1S/C13H13ClO4/c1-6(13(15)16)9-7-2-4-18-12(7)10(14)8-3-5-17-11(8)9/h6H,2-5H2,1H3,(H,15,16). The van der Waals surface area contributed by atoms with Crippen LogP contribution in [0.5, 0.6) is 11.5 Å². The first kappa shape index (κ1) is 11.7. The van der Waals surface area contributed by atoms with Gasteiger partial charge in [-0.3, -0.25) is 4.79 Å². The van der Waals surface area contributed by atoms with E-state index < -0.39 is 11.9 Å². The van der Waals surface area contributed by atoms with Gasteiger partial charge in [0.25, 0.3) is 0 Å². The molecule has 3 rings (SSSR count). The van der Waals surface area contributed by atoms with Gasteiger partial charge >= 0.3 is 5.97 Å². The topological polar surface area (TPSA) is 55.8 Å². The summed E-state index contributed by atoms with van der Waals surface area (Å²) in [5.74, 6) is -0.142. The summed E-state index contributed by atoms with van der Waals surface area (Å²) in [4.78, 5) is 11.3. The quantitative estimate of drug-likeness (QED) is 0.895. The number of carboxylic acids is 1. The van der Waals surface area contributed by atoms with Crippen molar-refractivity contribution in [2.75, 3.05) is 13.2 Å². The molecule has 5 heteroatoms. The molecule has 0 aromatic heterocycles. The zero-order valence-electron chi connectivity index (χ0n) is 9.96. The molecule has 0 aliphatic carbocycles. The van der Waals surface area contributed by atoms with Gasteiger partial charge in [-0.25, -0.2) is 0 Å². The van der Waals surface area contributed by atoms with Crippen molar-refractivity contribution in [3.8, 4) is 11.5 Å². The Morgan fingerprint density at radius 3 is 2.50 bits per heavy atom. The molecule has 96 valence electrons. The van der Waals surface area contributed by atoms with Gasteiger partial charge in [0.2, 0.25) is 0 Å². The summed E-state index contributed by atoms with van der Waals surface area (Å²) in [5.41, 5.74) is 2.53. The lowest BCUT2D eigenvalue weighted by Gasteiger charge is -2.17. The summed E-state index contributed by atoms with van der Waals surface area (Å²) in [5, 5.41) is 9.83. The molecule has 1 atom stereocenters. The Labute approximate surface area is 109 Å². The van der Waals surface area contributed by atoms with Crippen molar-refractivity contribution < 1.29 is 19.4 Å². The van der Waals surface area contributed by atoms with E-state index >= 15 is 0 Å². The number of hydrogen-bond acceptors (Lipinski definition) is 3. The molecule has 18 heavy (non-hydrogen) atoms. The van der Waals surface area contributed by atoms with Gasteiger partial charge in [0.15, 0.2) is 0 Å². The minimum Gasteiger partial charge on any atom is -0.493 e. The van der Waals surface area contributed by atoms with E-state index in [1.54, 1.807) is 6.92 Å². The lowest BCUT2D eigenvalue weighted by atomic mass is 9.91. The van der Waals surface area contributed by atoms with Gasteiger partial charge < -0.3 is 14.6 Å². The smallest absolute Gasteiger partial charge is 0.310 e. The van der Waals surface area contributed by atoms with E-state index in [0.29, 0.717) is 42.6 Å². The summed E-state index contributed by atoms with van der Waals surface area (Å²) >= 11 is 6.30. The molecule has 0 amide bonds. The van der Waals surface area contributed by atoms with Crippen LogP contribution in [-0.4, -0.2) is 24.3 Å². The fraction of sp³-hybridized carbons (Fsp3) is 0.462. The van der Waals surface area contributed by atoms with Crippen LogP contribution >= 0.6 is 11.6 Å². The van der Waals surface area contributed by atoms with Crippen molar-refractivity contribution in [2.45, 2.75) is 25.7 Å². The van der Waals surface area contributed by atoms with Crippen LogP contribution < -0.4 is 9.47 Å². The maximum Gasteiger partial charge on any atom is 0.310 e. The van der Waals surface area contributed by atoms with E-state index in [1.165, 1.54) is 0 Å². The second-order valence-electron chi connectivity index (χ2n) is 4.60. The molecule has 1 aromatic carbocycles.